The first kappa shape index (κ1) is 9.08. The van der Waals surface area contributed by atoms with Gasteiger partial charge in [0.05, 0.1) is 6.10 Å². The van der Waals surface area contributed by atoms with Crippen molar-refractivity contribution in [2.45, 2.75) is 20.0 Å². The molecule has 0 aromatic rings. The fourth-order valence-electron chi connectivity index (χ4n) is 0.295. The van der Waals surface area contributed by atoms with Gasteiger partial charge in [0, 0.05) is 7.11 Å². The summed E-state index contributed by atoms with van der Waals surface area (Å²) < 4.78 is 30.6. The Kier molecular flexibility index (Phi) is 3.33. The van der Waals surface area contributed by atoms with E-state index in [1.54, 1.807) is 13.8 Å². The highest BCUT2D eigenvalue weighted by Crippen LogP contribution is 2.49. The van der Waals surface area contributed by atoms with Crippen molar-refractivity contribution in [3.8, 4) is 0 Å². The fourth-order valence-corrected chi connectivity index (χ4v) is 0.885. The van der Waals surface area contributed by atoms with Crippen LogP contribution >= 0.6 is 7.91 Å². The van der Waals surface area contributed by atoms with Crippen molar-refractivity contribution in [3.05, 3.63) is 0 Å². The van der Waals surface area contributed by atoms with Gasteiger partial charge in [-0.2, -0.15) is 0 Å². The average Bonchev–Trinajstić information content (AvgIpc) is 1.63. The van der Waals surface area contributed by atoms with Crippen molar-refractivity contribution >= 4 is 7.91 Å². The molecule has 0 fully saturated rings. The minimum absolute atomic E-state index is 0.416. The van der Waals surface area contributed by atoms with Gasteiger partial charge in [0.25, 0.3) is 0 Å². The van der Waals surface area contributed by atoms with E-state index in [1.165, 1.54) is 0 Å². The summed E-state index contributed by atoms with van der Waals surface area (Å²) in [6.45, 7) is 3.15. The highest BCUT2D eigenvalue weighted by atomic mass is 31.2. The minimum atomic E-state index is -4.23. The minimum Gasteiger partial charge on any atom is -0.287 e. The van der Waals surface area contributed by atoms with Crippen molar-refractivity contribution in [1.29, 1.82) is 0 Å². The second-order valence-corrected chi connectivity index (χ2v) is 3.20. The van der Waals surface area contributed by atoms with E-state index >= 15 is 0 Å². The molecule has 3 nitrogen and oxygen atoms in total. The van der Waals surface area contributed by atoms with Crippen molar-refractivity contribution < 1.29 is 17.8 Å². The van der Waals surface area contributed by atoms with Crippen LogP contribution in [0.5, 0.6) is 0 Å². The lowest BCUT2D eigenvalue weighted by Crippen LogP contribution is -1.98. The molecule has 0 heterocycles. The van der Waals surface area contributed by atoms with Crippen LogP contribution in [0.2, 0.25) is 0 Å². The quantitative estimate of drug-likeness (QED) is 0.587. The molecule has 1 atom stereocenters. The Bertz CT molecular complexity index is 125. The molecule has 0 N–H and O–H groups in total. The van der Waals surface area contributed by atoms with E-state index in [1.807, 2.05) is 0 Å². The third kappa shape index (κ3) is 4.58. The van der Waals surface area contributed by atoms with Crippen molar-refractivity contribution in [3.63, 3.8) is 0 Å². The summed E-state index contributed by atoms with van der Waals surface area (Å²) >= 11 is 0. The van der Waals surface area contributed by atoms with Crippen molar-refractivity contribution in [1.82, 2.24) is 0 Å². The number of hydrogen-bond donors (Lipinski definition) is 0. The molecule has 0 aliphatic carbocycles. The third-order valence-electron chi connectivity index (χ3n) is 0.555. The molecule has 0 unspecified atom stereocenters. The molecule has 5 heteroatoms. The van der Waals surface area contributed by atoms with Crippen LogP contribution < -0.4 is 0 Å². The SMILES string of the molecule is CO[P@](=O)(F)OC(C)C. The largest absolute Gasteiger partial charge is 0.513 e. The van der Waals surface area contributed by atoms with Crippen LogP contribution in [0.4, 0.5) is 4.20 Å². The van der Waals surface area contributed by atoms with Crippen LogP contribution in [0.1, 0.15) is 13.8 Å². The molecule has 56 valence electrons. The summed E-state index contributed by atoms with van der Waals surface area (Å²) in [4.78, 5) is 0. The van der Waals surface area contributed by atoms with Gasteiger partial charge in [-0.1, -0.05) is 0 Å². The van der Waals surface area contributed by atoms with Gasteiger partial charge in [-0.25, -0.2) is 4.57 Å². The number of rotatable bonds is 3. The molecule has 0 radical (unpaired) electrons. The fraction of sp³-hybridized carbons (Fsp3) is 1.00. The monoisotopic (exact) mass is 156 g/mol. The van der Waals surface area contributed by atoms with E-state index in [2.05, 4.69) is 9.05 Å². The van der Waals surface area contributed by atoms with Gasteiger partial charge in [-0.05, 0) is 13.8 Å². The Hall–Kier alpha value is 0.0800. The smallest absolute Gasteiger partial charge is 0.287 e. The van der Waals surface area contributed by atoms with Gasteiger partial charge < -0.3 is 0 Å². The van der Waals surface area contributed by atoms with E-state index in [0.717, 1.165) is 7.11 Å². The Labute approximate surface area is 53.8 Å². The van der Waals surface area contributed by atoms with Gasteiger partial charge in [-0.3, -0.25) is 9.05 Å². The molecule has 0 amide bonds. The lowest BCUT2D eigenvalue weighted by Gasteiger charge is -2.08. The highest BCUT2D eigenvalue weighted by molar-refractivity contribution is 7.48. The molecule has 0 aliphatic rings. The molecule has 0 rings (SSSR count). The molecular formula is C4H10FO3P. The highest BCUT2D eigenvalue weighted by Gasteiger charge is 2.22. The second kappa shape index (κ2) is 3.30. The maximum Gasteiger partial charge on any atom is 0.513 e. The Morgan fingerprint density at radius 2 is 2.00 bits per heavy atom. The maximum absolute atomic E-state index is 12.2. The van der Waals surface area contributed by atoms with Gasteiger partial charge in [0.2, 0.25) is 0 Å². The van der Waals surface area contributed by atoms with Gasteiger partial charge in [-0.15, -0.1) is 4.20 Å². The zero-order valence-corrected chi connectivity index (χ0v) is 6.52. The Balaban J connectivity index is 3.73. The van der Waals surface area contributed by atoms with E-state index in [9.17, 15) is 8.76 Å². The molecule has 0 saturated heterocycles. The molecule has 0 spiro atoms. The predicted molar refractivity (Wildman–Crippen MR) is 31.9 cm³/mol. The Morgan fingerprint density at radius 3 is 2.11 bits per heavy atom. The molecule has 0 aliphatic heterocycles. The summed E-state index contributed by atoms with van der Waals surface area (Å²) in [6.07, 6.45) is -0.416. The lowest BCUT2D eigenvalue weighted by atomic mass is 10.5. The summed E-state index contributed by atoms with van der Waals surface area (Å²) in [7, 11) is -3.23. The summed E-state index contributed by atoms with van der Waals surface area (Å²) in [5.41, 5.74) is 0. The zero-order valence-electron chi connectivity index (χ0n) is 5.63. The third-order valence-corrected chi connectivity index (χ3v) is 1.66. The molecule has 0 bridgehead atoms. The standard InChI is InChI=1S/C4H10FO3P/c1-4(2)8-9(5,6)7-3/h4H,1-3H3/t9-/m1/s1. The average molecular weight is 156 g/mol. The first-order valence-electron chi connectivity index (χ1n) is 2.52. The van der Waals surface area contributed by atoms with Crippen LogP contribution in [0.15, 0.2) is 0 Å². The van der Waals surface area contributed by atoms with Crippen LogP contribution in [0.25, 0.3) is 0 Å². The van der Waals surface area contributed by atoms with Gasteiger partial charge in [0.15, 0.2) is 0 Å². The van der Waals surface area contributed by atoms with Gasteiger partial charge in [0.1, 0.15) is 0 Å². The zero-order chi connectivity index (χ0) is 7.49. The van der Waals surface area contributed by atoms with Crippen molar-refractivity contribution in [2.75, 3.05) is 7.11 Å². The van der Waals surface area contributed by atoms with Crippen LogP contribution in [0.3, 0.4) is 0 Å². The van der Waals surface area contributed by atoms with Gasteiger partial charge >= 0.3 is 7.91 Å². The second-order valence-electron chi connectivity index (χ2n) is 1.77. The summed E-state index contributed by atoms with van der Waals surface area (Å²) in [5, 5.41) is 0. The van der Waals surface area contributed by atoms with E-state index in [0.29, 0.717) is 0 Å². The summed E-state index contributed by atoms with van der Waals surface area (Å²) in [6, 6.07) is 0. The number of halogens is 1. The predicted octanol–water partition coefficient (Wildman–Crippen LogP) is 2.14. The normalized spacial score (nSPS) is 17.9. The summed E-state index contributed by atoms with van der Waals surface area (Å²) in [5.74, 6) is 0. The van der Waals surface area contributed by atoms with Crippen LogP contribution in [0, 0.1) is 0 Å². The molecular weight excluding hydrogens is 146 g/mol. The molecule has 9 heavy (non-hydrogen) atoms. The topological polar surface area (TPSA) is 35.5 Å². The first-order valence-corrected chi connectivity index (χ1v) is 3.95. The molecule has 0 saturated carbocycles. The van der Waals surface area contributed by atoms with E-state index in [-0.39, 0.29) is 0 Å². The lowest BCUT2D eigenvalue weighted by molar-refractivity contribution is 0.161. The first-order chi connectivity index (χ1) is 3.98. The molecule has 0 aromatic heterocycles. The molecule has 0 aromatic carbocycles. The number of hydrogen-bond acceptors (Lipinski definition) is 3. The Morgan fingerprint density at radius 1 is 1.56 bits per heavy atom. The van der Waals surface area contributed by atoms with Crippen LogP contribution in [-0.2, 0) is 13.6 Å². The maximum atomic E-state index is 12.2. The van der Waals surface area contributed by atoms with E-state index < -0.39 is 14.0 Å². The van der Waals surface area contributed by atoms with Crippen molar-refractivity contribution in [2.24, 2.45) is 0 Å². The van der Waals surface area contributed by atoms with Crippen LogP contribution in [-0.4, -0.2) is 13.2 Å². The van der Waals surface area contributed by atoms with E-state index in [4.69, 9.17) is 0 Å².